The highest BCUT2D eigenvalue weighted by molar-refractivity contribution is 7.80. The lowest BCUT2D eigenvalue weighted by molar-refractivity contribution is 0.303. The monoisotopic (exact) mass is 291 g/mol. The third kappa shape index (κ3) is 3.45. The van der Waals surface area contributed by atoms with Gasteiger partial charge in [0.2, 0.25) is 0 Å². The van der Waals surface area contributed by atoms with E-state index in [1.54, 1.807) is 31.4 Å². The molecule has 2 aromatic rings. The molecule has 5 heteroatoms. The van der Waals surface area contributed by atoms with Gasteiger partial charge in [-0.3, -0.25) is 0 Å². The lowest BCUT2D eigenvalue weighted by Gasteiger charge is -2.11. The number of ether oxygens (including phenoxy) is 2. The molecule has 0 amide bonds. The van der Waals surface area contributed by atoms with E-state index in [1.165, 1.54) is 12.1 Å². The Morgan fingerprint density at radius 2 is 2.05 bits per heavy atom. The van der Waals surface area contributed by atoms with Gasteiger partial charge in [-0.2, -0.15) is 0 Å². The second-order valence-corrected chi connectivity index (χ2v) is 4.58. The maximum absolute atomic E-state index is 13.0. The number of benzene rings is 2. The van der Waals surface area contributed by atoms with Crippen LogP contribution in [0.2, 0.25) is 0 Å². The van der Waals surface area contributed by atoms with E-state index < -0.39 is 0 Å². The van der Waals surface area contributed by atoms with Crippen LogP contribution >= 0.6 is 12.2 Å². The molecule has 0 aliphatic rings. The van der Waals surface area contributed by atoms with Crippen LogP contribution in [0.5, 0.6) is 11.5 Å². The average Bonchev–Trinajstić information content (AvgIpc) is 2.44. The van der Waals surface area contributed by atoms with E-state index in [2.05, 4.69) is 0 Å². The van der Waals surface area contributed by atoms with Crippen LogP contribution in [0.4, 0.5) is 4.39 Å². The highest BCUT2D eigenvalue weighted by Gasteiger charge is 2.07. The summed E-state index contributed by atoms with van der Waals surface area (Å²) >= 11 is 4.94. The number of methoxy groups -OCH3 is 1. The van der Waals surface area contributed by atoms with Gasteiger partial charge in [0, 0.05) is 6.07 Å². The normalized spacial score (nSPS) is 10.1. The smallest absolute Gasteiger partial charge is 0.129 e. The van der Waals surface area contributed by atoms with Crippen molar-refractivity contribution >= 4 is 17.2 Å². The fourth-order valence-corrected chi connectivity index (χ4v) is 1.92. The maximum atomic E-state index is 13.0. The Morgan fingerprint density at radius 1 is 1.25 bits per heavy atom. The van der Waals surface area contributed by atoms with Crippen molar-refractivity contribution in [2.24, 2.45) is 5.73 Å². The van der Waals surface area contributed by atoms with Gasteiger partial charge in [-0.25, -0.2) is 4.39 Å². The summed E-state index contributed by atoms with van der Waals surface area (Å²) in [6, 6.07) is 11.4. The van der Waals surface area contributed by atoms with Crippen molar-refractivity contribution in [2.45, 2.75) is 6.61 Å². The average molecular weight is 291 g/mol. The molecular formula is C15H14FNO2S. The number of hydrogen-bond acceptors (Lipinski definition) is 3. The van der Waals surface area contributed by atoms with E-state index in [0.717, 1.165) is 5.56 Å². The summed E-state index contributed by atoms with van der Waals surface area (Å²) < 4.78 is 23.8. The van der Waals surface area contributed by atoms with Crippen molar-refractivity contribution < 1.29 is 13.9 Å². The molecule has 0 aliphatic carbocycles. The molecule has 0 saturated heterocycles. The molecule has 0 atom stereocenters. The first-order valence-corrected chi connectivity index (χ1v) is 6.36. The molecule has 0 spiro atoms. The van der Waals surface area contributed by atoms with E-state index in [0.29, 0.717) is 23.7 Å². The fourth-order valence-electron chi connectivity index (χ4n) is 1.75. The van der Waals surface area contributed by atoms with Crippen LogP contribution in [-0.4, -0.2) is 12.1 Å². The first-order valence-electron chi connectivity index (χ1n) is 5.95. The molecular weight excluding hydrogens is 277 g/mol. The zero-order valence-electron chi connectivity index (χ0n) is 10.9. The fraction of sp³-hybridized carbons (Fsp3) is 0.133. The van der Waals surface area contributed by atoms with Gasteiger partial charge in [-0.15, -0.1) is 0 Å². The van der Waals surface area contributed by atoms with E-state index in [-0.39, 0.29) is 10.8 Å². The van der Waals surface area contributed by atoms with Crippen LogP contribution in [0.1, 0.15) is 11.1 Å². The van der Waals surface area contributed by atoms with E-state index in [1.807, 2.05) is 6.07 Å². The summed E-state index contributed by atoms with van der Waals surface area (Å²) in [5.74, 6) is 0.740. The second kappa shape index (κ2) is 6.34. The zero-order valence-corrected chi connectivity index (χ0v) is 11.7. The highest BCUT2D eigenvalue weighted by atomic mass is 32.1. The third-order valence-corrected chi connectivity index (χ3v) is 2.95. The predicted molar refractivity (Wildman–Crippen MR) is 79.6 cm³/mol. The van der Waals surface area contributed by atoms with Crippen molar-refractivity contribution in [2.75, 3.05) is 7.11 Å². The van der Waals surface area contributed by atoms with Gasteiger partial charge in [0.05, 0.1) is 12.7 Å². The summed E-state index contributed by atoms with van der Waals surface area (Å²) in [6.07, 6.45) is 0. The number of thiocarbonyl (C=S) groups is 1. The summed E-state index contributed by atoms with van der Waals surface area (Å²) in [4.78, 5) is 0.277. The first-order chi connectivity index (χ1) is 9.60. The Kier molecular flexibility index (Phi) is 4.53. The molecule has 0 aromatic heterocycles. The number of rotatable bonds is 5. The van der Waals surface area contributed by atoms with Crippen LogP contribution < -0.4 is 15.2 Å². The molecule has 2 N–H and O–H groups in total. The molecule has 0 bridgehead atoms. The molecule has 0 radical (unpaired) electrons. The number of hydrogen-bond donors (Lipinski definition) is 1. The lowest BCUT2D eigenvalue weighted by atomic mass is 10.1. The van der Waals surface area contributed by atoms with Crippen molar-refractivity contribution in [3.8, 4) is 11.5 Å². The summed E-state index contributed by atoms with van der Waals surface area (Å²) in [5.41, 5.74) is 7.16. The van der Waals surface area contributed by atoms with Crippen LogP contribution in [-0.2, 0) is 6.61 Å². The Morgan fingerprint density at radius 3 is 2.70 bits per heavy atom. The number of nitrogens with two attached hydrogens (primary N) is 1. The van der Waals surface area contributed by atoms with Gasteiger partial charge in [0.15, 0.2) is 0 Å². The van der Waals surface area contributed by atoms with Gasteiger partial charge in [0.1, 0.15) is 28.9 Å². The molecule has 0 saturated carbocycles. The van der Waals surface area contributed by atoms with Gasteiger partial charge in [0.25, 0.3) is 0 Å². The highest BCUT2D eigenvalue weighted by Crippen LogP contribution is 2.21. The first kappa shape index (κ1) is 14.3. The minimum atomic E-state index is -0.330. The Hall–Kier alpha value is -2.14. The maximum Gasteiger partial charge on any atom is 0.129 e. The minimum absolute atomic E-state index is 0.277. The van der Waals surface area contributed by atoms with E-state index in [4.69, 9.17) is 27.4 Å². The van der Waals surface area contributed by atoms with E-state index >= 15 is 0 Å². The quantitative estimate of drug-likeness (QED) is 0.860. The molecule has 2 rings (SSSR count). The predicted octanol–water partition coefficient (Wildman–Crippen LogP) is 3.05. The van der Waals surface area contributed by atoms with Gasteiger partial charge < -0.3 is 15.2 Å². The standard InChI is InChI=1S/C15H14FNO2S/c1-18-14-7-10(5-6-13(14)15(17)20)9-19-12-4-2-3-11(16)8-12/h2-8H,9H2,1H3,(H2,17,20). The van der Waals surface area contributed by atoms with Crippen LogP contribution in [0.15, 0.2) is 42.5 Å². The van der Waals surface area contributed by atoms with Crippen molar-refractivity contribution in [1.82, 2.24) is 0 Å². The Bertz CT molecular complexity index is 631. The third-order valence-electron chi connectivity index (χ3n) is 2.73. The molecule has 0 unspecified atom stereocenters. The summed E-state index contributed by atoms with van der Waals surface area (Å²) in [5, 5.41) is 0. The minimum Gasteiger partial charge on any atom is -0.496 e. The Balaban J connectivity index is 2.12. The molecule has 0 heterocycles. The zero-order chi connectivity index (χ0) is 14.5. The Labute approximate surface area is 122 Å². The van der Waals surface area contributed by atoms with Crippen molar-refractivity contribution in [3.05, 3.63) is 59.4 Å². The lowest BCUT2D eigenvalue weighted by Crippen LogP contribution is -2.11. The summed E-state index contributed by atoms with van der Waals surface area (Å²) in [6.45, 7) is 0.303. The van der Waals surface area contributed by atoms with Gasteiger partial charge in [-0.1, -0.05) is 24.4 Å². The molecule has 2 aromatic carbocycles. The molecule has 0 aliphatic heterocycles. The topological polar surface area (TPSA) is 44.5 Å². The number of halogens is 1. The molecule has 20 heavy (non-hydrogen) atoms. The van der Waals surface area contributed by atoms with Gasteiger partial charge >= 0.3 is 0 Å². The van der Waals surface area contributed by atoms with E-state index in [9.17, 15) is 4.39 Å². The summed E-state index contributed by atoms with van der Waals surface area (Å²) in [7, 11) is 1.55. The molecule has 0 fully saturated rings. The largest absolute Gasteiger partial charge is 0.496 e. The van der Waals surface area contributed by atoms with Crippen molar-refractivity contribution in [1.29, 1.82) is 0 Å². The molecule has 104 valence electrons. The van der Waals surface area contributed by atoms with Crippen LogP contribution in [0.3, 0.4) is 0 Å². The SMILES string of the molecule is COc1cc(COc2cccc(F)c2)ccc1C(N)=S. The molecule has 3 nitrogen and oxygen atoms in total. The second-order valence-electron chi connectivity index (χ2n) is 4.14. The van der Waals surface area contributed by atoms with Crippen LogP contribution in [0.25, 0.3) is 0 Å². The van der Waals surface area contributed by atoms with Crippen molar-refractivity contribution in [3.63, 3.8) is 0 Å². The van der Waals surface area contributed by atoms with Gasteiger partial charge in [-0.05, 0) is 29.8 Å². The van der Waals surface area contributed by atoms with Crippen LogP contribution in [0, 0.1) is 5.82 Å².